The second kappa shape index (κ2) is 4.77. The van der Waals surface area contributed by atoms with Crippen LogP contribution in [0.3, 0.4) is 0 Å². The molecule has 0 aliphatic heterocycles. The Hall–Kier alpha value is -0.870. The number of pyridine rings is 1. The van der Waals surface area contributed by atoms with Crippen molar-refractivity contribution in [2.45, 2.75) is 13.5 Å². The van der Waals surface area contributed by atoms with E-state index in [1.165, 1.54) is 14.9 Å². The highest BCUT2D eigenvalue weighted by Crippen LogP contribution is 2.24. The Balaban J connectivity index is 2.06. The van der Waals surface area contributed by atoms with Crippen LogP contribution in [0.5, 0.6) is 0 Å². The number of aryl methyl sites for hydroxylation is 1. The van der Waals surface area contributed by atoms with E-state index in [0.717, 1.165) is 12.2 Å². The maximum Gasteiger partial charge on any atom is 0.0559 e. The van der Waals surface area contributed by atoms with Gasteiger partial charge in [-0.3, -0.25) is 4.98 Å². The van der Waals surface area contributed by atoms with Crippen LogP contribution in [-0.4, -0.2) is 4.98 Å². The highest BCUT2D eigenvalue weighted by atomic mass is 79.9. The topological polar surface area (TPSA) is 24.9 Å². The number of hydrogen-bond donors (Lipinski definition) is 1. The summed E-state index contributed by atoms with van der Waals surface area (Å²) >= 11 is 5.26. The van der Waals surface area contributed by atoms with Crippen molar-refractivity contribution in [1.82, 2.24) is 4.98 Å². The van der Waals surface area contributed by atoms with Gasteiger partial charge in [-0.25, -0.2) is 0 Å². The van der Waals surface area contributed by atoms with Crippen LogP contribution in [0.1, 0.15) is 10.4 Å². The zero-order valence-electron chi connectivity index (χ0n) is 8.33. The summed E-state index contributed by atoms with van der Waals surface area (Å²) in [5.41, 5.74) is 2.32. The fourth-order valence-electron chi connectivity index (χ4n) is 1.28. The van der Waals surface area contributed by atoms with Gasteiger partial charge in [0.15, 0.2) is 0 Å². The Labute approximate surface area is 101 Å². The molecule has 0 aromatic carbocycles. The van der Waals surface area contributed by atoms with E-state index in [-0.39, 0.29) is 0 Å². The smallest absolute Gasteiger partial charge is 0.0559 e. The second-order valence-electron chi connectivity index (χ2n) is 3.24. The number of anilines is 1. The highest BCUT2D eigenvalue weighted by Gasteiger charge is 2.02. The molecule has 2 rings (SSSR count). The number of nitrogens with one attached hydrogen (secondary N) is 1. The summed E-state index contributed by atoms with van der Waals surface area (Å²) < 4.78 is 1.17. The van der Waals surface area contributed by atoms with Crippen molar-refractivity contribution >= 4 is 33.0 Å². The molecule has 0 radical (unpaired) electrons. The third-order valence-electron chi connectivity index (χ3n) is 2.17. The predicted molar refractivity (Wildman–Crippen MR) is 68.3 cm³/mol. The molecule has 0 bridgehead atoms. The quantitative estimate of drug-likeness (QED) is 0.926. The minimum absolute atomic E-state index is 0.838. The lowest BCUT2D eigenvalue weighted by Gasteiger charge is -2.07. The molecule has 0 amide bonds. The molecule has 2 aromatic heterocycles. The minimum Gasteiger partial charge on any atom is -0.379 e. The van der Waals surface area contributed by atoms with Gasteiger partial charge in [0.05, 0.1) is 18.4 Å². The van der Waals surface area contributed by atoms with Crippen LogP contribution >= 0.6 is 27.3 Å². The third-order valence-corrected chi connectivity index (χ3v) is 4.10. The van der Waals surface area contributed by atoms with Crippen molar-refractivity contribution in [3.05, 3.63) is 44.8 Å². The predicted octanol–water partition coefficient (Wildman–Crippen LogP) is 3.83. The zero-order chi connectivity index (χ0) is 10.7. The first-order valence-electron chi connectivity index (χ1n) is 4.64. The first-order chi connectivity index (χ1) is 7.27. The molecule has 15 heavy (non-hydrogen) atoms. The van der Waals surface area contributed by atoms with Gasteiger partial charge in [0.1, 0.15) is 0 Å². The Kier molecular flexibility index (Phi) is 3.38. The molecule has 2 aromatic rings. The van der Waals surface area contributed by atoms with Crippen LogP contribution < -0.4 is 5.32 Å². The number of aromatic nitrogens is 1. The van der Waals surface area contributed by atoms with Gasteiger partial charge >= 0.3 is 0 Å². The summed E-state index contributed by atoms with van der Waals surface area (Å²) in [6.07, 6.45) is 3.67. The summed E-state index contributed by atoms with van der Waals surface area (Å²) in [5, 5.41) is 5.45. The van der Waals surface area contributed by atoms with E-state index in [0.29, 0.717) is 0 Å². The Bertz CT molecular complexity index is 453. The van der Waals surface area contributed by atoms with Gasteiger partial charge in [0.2, 0.25) is 0 Å². The first-order valence-corrected chi connectivity index (χ1v) is 6.31. The van der Waals surface area contributed by atoms with E-state index in [4.69, 9.17) is 0 Å². The molecule has 0 unspecified atom stereocenters. The zero-order valence-corrected chi connectivity index (χ0v) is 10.7. The fraction of sp³-hybridized carbons (Fsp3) is 0.182. The van der Waals surface area contributed by atoms with Gasteiger partial charge in [-0.1, -0.05) is 0 Å². The molecule has 0 fully saturated rings. The summed E-state index contributed by atoms with van der Waals surface area (Å²) in [4.78, 5) is 5.40. The van der Waals surface area contributed by atoms with Crippen molar-refractivity contribution in [3.8, 4) is 0 Å². The lowest BCUT2D eigenvalue weighted by molar-refractivity contribution is 1.15. The highest BCUT2D eigenvalue weighted by molar-refractivity contribution is 9.10. The number of nitrogens with zero attached hydrogens (tertiary/aromatic N) is 1. The maximum atomic E-state index is 4.10. The number of hydrogen-bond acceptors (Lipinski definition) is 3. The number of rotatable bonds is 3. The van der Waals surface area contributed by atoms with E-state index in [1.54, 1.807) is 11.3 Å². The van der Waals surface area contributed by atoms with Crippen LogP contribution in [0.15, 0.2) is 34.4 Å². The normalized spacial score (nSPS) is 10.3. The van der Waals surface area contributed by atoms with Crippen LogP contribution in [0, 0.1) is 6.92 Å². The van der Waals surface area contributed by atoms with Crippen molar-refractivity contribution in [1.29, 1.82) is 0 Å². The summed E-state index contributed by atoms with van der Waals surface area (Å²) in [5.74, 6) is 0. The van der Waals surface area contributed by atoms with Gasteiger partial charge in [-0.15, -0.1) is 11.3 Å². The van der Waals surface area contributed by atoms with Crippen LogP contribution in [0.4, 0.5) is 5.69 Å². The number of halogens is 1. The van der Waals surface area contributed by atoms with Crippen LogP contribution in [0.25, 0.3) is 0 Å². The first kappa shape index (κ1) is 10.6. The Morgan fingerprint density at radius 3 is 3.00 bits per heavy atom. The van der Waals surface area contributed by atoms with Crippen molar-refractivity contribution in [2.75, 3.05) is 5.32 Å². The molecule has 0 saturated carbocycles. The van der Waals surface area contributed by atoms with E-state index >= 15 is 0 Å². The standard InChI is InChI=1S/C11H11BrN2S/c1-8-2-4-13-6-10(8)14-7-11-9(12)3-5-15-11/h2-6,14H,7H2,1H3. The second-order valence-corrected chi connectivity index (χ2v) is 5.09. The summed E-state index contributed by atoms with van der Waals surface area (Å²) in [6, 6.07) is 4.07. The minimum atomic E-state index is 0.838. The fourth-order valence-corrected chi connectivity index (χ4v) is 2.71. The molecular formula is C11H11BrN2S. The van der Waals surface area contributed by atoms with Gasteiger partial charge < -0.3 is 5.32 Å². The van der Waals surface area contributed by atoms with E-state index < -0.39 is 0 Å². The molecule has 0 saturated heterocycles. The molecule has 2 heterocycles. The van der Waals surface area contributed by atoms with Crippen molar-refractivity contribution in [2.24, 2.45) is 0 Å². The van der Waals surface area contributed by atoms with Gasteiger partial charge in [-0.2, -0.15) is 0 Å². The molecule has 0 aliphatic rings. The summed E-state index contributed by atoms with van der Waals surface area (Å²) in [7, 11) is 0. The molecule has 0 spiro atoms. The van der Waals surface area contributed by atoms with Crippen molar-refractivity contribution in [3.63, 3.8) is 0 Å². The molecule has 1 N–H and O–H groups in total. The van der Waals surface area contributed by atoms with Gasteiger partial charge in [0, 0.05) is 15.5 Å². The molecular weight excluding hydrogens is 272 g/mol. The SMILES string of the molecule is Cc1ccncc1NCc1sccc1Br. The lowest BCUT2D eigenvalue weighted by Crippen LogP contribution is -2.00. The molecule has 2 nitrogen and oxygen atoms in total. The van der Waals surface area contributed by atoms with Gasteiger partial charge in [-0.05, 0) is 45.9 Å². The van der Waals surface area contributed by atoms with Gasteiger partial charge in [0.25, 0.3) is 0 Å². The largest absolute Gasteiger partial charge is 0.379 e. The Morgan fingerprint density at radius 2 is 2.33 bits per heavy atom. The average Bonchev–Trinajstić information content (AvgIpc) is 2.63. The third kappa shape index (κ3) is 2.58. The lowest BCUT2D eigenvalue weighted by atomic mass is 10.2. The monoisotopic (exact) mass is 282 g/mol. The van der Waals surface area contributed by atoms with E-state index in [9.17, 15) is 0 Å². The molecule has 4 heteroatoms. The maximum absolute atomic E-state index is 4.10. The average molecular weight is 283 g/mol. The van der Waals surface area contributed by atoms with Crippen molar-refractivity contribution < 1.29 is 0 Å². The number of thiophene rings is 1. The van der Waals surface area contributed by atoms with Crippen LogP contribution in [0.2, 0.25) is 0 Å². The van der Waals surface area contributed by atoms with E-state index in [2.05, 4.69) is 44.6 Å². The summed E-state index contributed by atoms with van der Waals surface area (Å²) in [6.45, 7) is 2.91. The Morgan fingerprint density at radius 1 is 1.47 bits per heavy atom. The van der Waals surface area contributed by atoms with E-state index in [1.807, 2.05) is 18.5 Å². The van der Waals surface area contributed by atoms with Crippen LogP contribution in [-0.2, 0) is 6.54 Å². The molecule has 0 aliphatic carbocycles. The molecule has 0 atom stereocenters. The molecule has 78 valence electrons.